The van der Waals surface area contributed by atoms with Crippen molar-refractivity contribution < 1.29 is 19.1 Å². The first-order chi connectivity index (χ1) is 17.0. The molecule has 5 rings (SSSR count). The molecule has 0 spiro atoms. The largest absolute Gasteiger partial charge is 0.454 e. The number of hydrogen-bond acceptors (Lipinski definition) is 7. The van der Waals surface area contributed by atoms with E-state index in [1.54, 1.807) is 31.2 Å². The molecule has 1 aliphatic rings. The number of aromatic nitrogens is 3. The summed E-state index contributed by atoms with van der Waals surface area (Å²) in [5, 5.41) is 11.8. The number of para-hydroxylation sites is 1. The van der Waals surface area contributed by atoms with Crippen molar-refractivity contribution in [1.82, 2.24) is 14.8 Å². The van der Waals surface area contributed by atoms with Crippen LogP contribution in [0.5, 0.6) is 11.5 Å². The van der Waals surface area contributed by atoms with Gasteiger partial charge in [0.05, 0.1) is 5.25 Å². The Bertz CT molecular complexity index is 1390. The number of carbonyl (C=O) groups excluding carboxylic acids is 2. The number of nitrogens with zero attached hydrogens (tertiary/aromatic N) is 3. The van der Waals surface area contributed by atoms with Gasteiger partial charge in [-0.2, -0.15) is 0 Å². The van der Waals surface area contributed by atoms with E-state index in [-0.39, 0.29) is 12.7 Å². The fraction of sp³-hybridized carbons (Fsp3) is 0.120. The highest BCUT2D eigenvalue weighted by molar-refractivity contribution is 8.00. The van der Waals surface area contributed by atoms with E-state index < -0.39 is 11.2 Å². The number of benzene rings is 3. The van der Waals surface area contributed by atoms with Crippen LogP contribution in [0.4, 0.5) is 5.69 Å². The molecule has 35 heavy (non-hydrogen) atoms. The predicted molar refractivity (Wildman–Crippen MR) is 132 cm³/mol. The van der Waals surface area contributed by atoms with Gasteiger partial charge in [0.15, 0.2) is 22.5 Å². The summed E-state index contributed by atoms with van der Waals surface area (Å²) in [5.74, 6) is 1.21. The highest BCUT2D eigenvalue weighted by Gasteiger charge is 2.23. The van der Waals surface area contributed by atoms with E-state index in [0.29, 0.717) is 33.7 Å². The van der Waals surface area contributed by atoms with Crippen LogP contribution in [0.2, 0.25) is 0 Å². The predicted octanol–water partition coefficient (Wildman–Crippen LogP) is 3.88. The van der Waals surface area contributed by atoms with Crippen molar-refractivity contribution in [3.8, 4) is 28.6 Å². The van der Waals surface area contributed by atoms with E-state index in [1.165, 1.54) is 11.8 Å². The van der Waals surface area contributed by atoms with Gasteiger partial charge in [-0.15, -0.1) is 10.2 Å². The lowest BCUT2D eigenvalue weighted by Crippen LogP contribution is -2.23. The van der Waals surface area contributed by atoms with Crippen LogP contribution in [-0.4, -0.2) is 38.6 Å². The molecule has 0 radical (unpaired) electrons. The van der Waals surface area contributed by atoms with Gasteiger partial charge in [-0.05, 0) is 61.5 Å². The maximum atomic E-state index is 12.9. The number of hydrogen-bond donors (Lipinski definition) is 2. The Kier molecular flexibility index (Phi) is 6.11. The summed E-state index contributed by atoms with van der Waals surface area (Å²) >= 11 is 1.29. The molecule has 2 heterocycles. The molecule has 2 amide bonds. The second-order valence-electron chi connectivity index (χ2n) is 7.74. The third-order valence-electron chi connectivity index (χ3n) is 5.37. The van der Waals surface area contributed by atoms with E-state index in [0.717, 1.165) is 11.3 Å². The van der Waals surface area contributed by atoms with Crippen LogP contribution in [0.3, 0.4) is 0 Å². The molecule has 0 unspecified atom stereocenters. The molecule has 4 aromatic rings. The fourth-order valence-corrected chi connectivity index (χ4v) is 4.42. The molecule has 1 aliphatic heterocycles. The van der Waals surface area contributed by atoms with Crippen molar-refractivity contribution in [2.45, 2.75) is 17.3 Å². The highest BCUT2D eigenvalue weighted by Crippen LogP contribution is 2.37. The Labute approximate surface area is 205 Å². The molecule has 0 fully saturated rings. The maximum Gasteiger partial charge on any atom is 0.248 e. The number of carbonyl (C=O) groups is 2. The number of rotatable bonds is 7. The van der Waals surface area contributed by atoms with Gasteiger partial charge in [0.1, 0.15) is 0 Å². The van der Waals surface area contributed by atoms with E-state index in [9.17, 15) is 9.59 Å². The highest BCUT2D eigenvalue weighted by atomic mass is 32.2. The Balaban J connectivity index is 1.41. The summed E-state index contributed by atoms with van der Waals surface area (Å²) < 4.78 is 12.9. The first kappa shape index (κ1) is 22.5. The SMILES string of the molecule is C[C@H](Sc1nnc(-c2ccc3c(c2)OCO3)n1-c1ccccc1)C(=O)Nc1ccc(C(N)=O)cc1. The lowest BCUT2D eigenvalue weighted by Gasteiger charge is -2.14. The molecule has 1 aromatic heterocycles. The van der Waals surface area contributed by atoms with Crippen LogP contribution >= 0.6 is 11.8 Å². The van der Waals surface area contributed by atoms with Crippen molar-refractivity contribution in [2.24, 2.45) is 5.73 Å². The molecule has 1 atom stereocenters. The van der Waals surface area contributed by atoms with E-state index in [4.69, 9.17) is 15.2 Å². The molecule has 10 heteroatoms. The summed E-state index contributed by atoms with van der Waals surface area (Å²) in [5.41, 5.74) is 7.89. The first-order valence-corrected chi connectivity index (χ1v) is 11.7. The van der Waals surface area contributed by atoms with Gasteiger partial charge in [0.25, 0.3) is 0 Å². The number of primary amides is 1. The Morgan fingerprint density at radius 2 is 1.74 bits per heavy atom. The van der Waals surface area contributed by atoms with E-state index in [1.807, 2.05) is 53.1 Å². The zero-order valence-electron chi connectivity index (χ0n) is 18.7. The average molecular weight is 488 g/mol. The molecule has 0 saturated heterocycles. The van der Waals surface area contributed by atoms with Crippen LogP contribution in [0, 0.1) is 0 Å². The van der Waals surface area contributed by atoms with Crippen LogP contribution in [-0.2, 0) is 4.79 Å². The summed E-state index contributed by atoms with van der Waals surface area (Å²) in [6.45, 7) is 1.98. The van der Waals surface area contributed by atoms with Gasteiger partial charge >= 0.3 is 0 Å². The van der Waals surface area contributed by atoms with Gasteiger partial charge in [0, 0.05) is 22.5 Å². The standard InChI is InChI=1S/C25H21N5O4S/c1-15(24(32)27-18-10-7-16(8-11-18)22(26)31)35-25-29-28-23(30(25)19-5-3-2-4-6-19)17-9-12-20-21(13-17)34-14-33-20/h2-13,15H,14H2,1H3,(H2,26,31)(H,27,32)/t15-/m0/s1. The molecular weight excluding hydrogens is 466 g/mol. The van der Waals surface area contributed by atoms with Gasteiger partial charge < -0.3 is 20.5 Å². The lowest BCUT2D eigenvalue weighted by molar-refractivity contribution is -0.115. The van der Waals surface area contributed by atoms with Crippen molar-refractivity contribution in [1.29, 1.82) is 0 Å². The topological polar surface area (TPSA) is 121 Å². The maximum absolute atomic E-state index is 12.9. The molecule has 176 valence electrons. The zero-order chi connectivity index (χ0) is 24.4. The summed E-state index contributed by atoms with van der Waals surface area (Å²) in [4.78, 5) is 24.1. The Hall–Kier alpha value is -4.31. The van der Waals surface area contributed by atoms with E-state index in [2.05, 4.69) is 15.5 Å². The molecule has 0 bridgehead atoms. The minimum atomic E-state index is -0.523. The minimum Gasteiger partial charge on any atom is -0.454 e. The molecule has 3 aromatic carbocycles. The Morgan fingerprint density at radius 3 is 2.49 bits per heavy atom. The monoisotopic (exact) mass is 487 g/mol. The molecule has 0 aliphatic carbocycles. The van der Waals surface area contributed by atoms with Crippen molar-refractivity contribution in [2.75, 3.05) is 12.1 Å². The molecular formula is C25H21N5O4S. The van der Waals surface area contributed by atoms with Gasteiger partial charge in [-0.1, -0.05) is 30.0 Å². The van der Waals surface area contributed by atoms with Crippen LogP contribution < -0.4 is 20.5 Å². The number of thioether (sulfide) groups is 1. The number of anilines is 1. The average Bonchev–Trinajstić information content (AvgIpc) is 3.51. The smallest absolute Gasteiger partial charge is 0.248 e. The van der Waals surface area contributed by atoms with Crippen LogP contribution in [0.1, 0.15) is 17.3 Å². The normalized spacial score (nSPS) is 12.8. The first-order valence-electron chi connectivity index (χ1n) is 10.8. The summed E-state index contributed by atoms with van der Waals surface area (Å²) in [6, 6.07) is 21.7. The number of nitrogens with two attached hydrogens (primary N) is 1. The third-order valence-corrected chi connectivity index (χ3v) is 6.41. The zero-order valence-corrected chi connectivity index (χ0v) is 19.5. The lowest BCUT2D eigenvalue weighted by atomic mass is 10.2. The van der Waals surface area contributed by atoms with Gasteiger partial charge in [-0.25, -0.2) is 0 Å². The van der Waals surface area contributed by atoms with Gasteiger partial charge in [0.2, 0.25) is 18.6 Å². The number of fused-ring (bicyclic) bond motifs is 1. The summed E-state index contributed by atoms with van der Waals surface area (Å²) in [7, 11) is 0. The number of nitrogens with one attached hydrogen (secondary N) is 1. The third kappa shape index (κ3) is 4.69. The fourth-order valence-electron chi connectivity index (χ4n) is 3.55. The van der Waals surface area contributed by atoms with E-state index >= 15 is 0 Å². The van der Waals surface area contributed by atoms with Crippen molar-refractivity contribution >= 4 is 29.3 Å². The quantitative estimate of drug-likeness (QED) is 0.379. The second-order valence-corrected chi connectivity index (χ2v) is 9.04. The number of ether oxygens (including phenoxy) is 2. The molecule has 0 saturated carbocycles. The molecule has 3 N–H and O–H groups in total. The molecule has 9 nitrogen and oxygen atoms in total. The van der Waals surface area contributed by atoms with Gasteiger partial charge in [-0.3, -0.25) is 14.2 Å². The van der Waals surface area contributed by atoms with Crippen LogP contribution in [0.15, 0.2) is 78.0 Å². The summed E-state index contributed by atoms with van der Waals surface area (Å²) in [6.07, 6.45) is 0. The van der Waals surface area contributed by atoms with Crippen molar-refractivity contribution in [3.05, 3.63) is 78.4 Å². The Morgan fingerprint density at radius 1 is 1.00 bits per heavy atom. The minimum absolute atomic E-state index is 0.184. The second kappa shape index (κ2) is 9.51. The van der Waals surface area contributed by atoms with Crippen molar-refractivity contribution in [3.63, 3.8) is 0 Å². The number of amides is 2. The van der Waals surface area contributed by atoms with Crippen LogP contribution in [0.25, 0.3) is 17.1 Å².